The van der Waals surface area contributed by atoms with Gasteiger partial charge in [0.2, 0.25) is 0 Å². The van der Waals surface area contributed by atoms with E-state index in [9.17, 15) is 17.6 Å². The van der Waals surface area contributed by atoms with Crippen molar-refractivity contribution in [1.82, 2.24) is 5.32 Å². The molecule has 0 spiro atoms. The van der Waals surface area contributed by atoms with Crippen molar-refractivity contribution in [2.75, 3.05) is 6.54 Å². The largest absolute Gasteiger partial charge is 0.309 e. The molecule has 0 aromatic heterocycles. The molecule has 0 saturated heterocycles. The molecule has 0 heterocycles. The van der Waals surface area contributed by atoms with Gasteiger partial charge in [-0.3, -0.25) is 0 Å². The molecule has 1 aromatic carbocycles. The molecule has 1 rings (SSSR count). The quantitative estimate of drug-likeness (QED) is 0.638. The first-order valence-corrected chi connectivity index (χ1v) is 5.25. The molecule has 1 atom stereocenters. The Hall–Kier alpha value is -1.10. The smallest absolute Gasteiger partial charge is 0.194 e. The van der Waals surface area contributed by atoms with E-state index < -0.39 is 29.2 Å². The van der Waals surface area contributed by atoms with Gasteiger partial charge in [-0.15, -0.1) is 0 Å². The van der Waals surface area contributed by atoms with Gasteiger partial charge in [0.1, 0.15) is 6.17 Å². The average molecular weight is 249 g/mol. The van der Waals surface area contributed by atoms with Crippen LogP contribution in [-0.2, 0) is 0 Å². The highest BCUT2D eigenvalue weighted by molar-refractivity contribution is 5.22. The van der Waals surface area contributed by atoms with E-state index in [1.54, 1.807) is 0 Å². The van der Waals surface area contributed by atoms with Gasteiger partial charge in [-0.2, -0.15) is 0 Å². The minimum Gasteiger partial charge on any atom is -0.309 e. The number of alkyl halides is 1. The molecule has 5 heteroatoms. The van der Waals surface area contributed by atoms with Crippen molar-refractivity contribution >= 4 is 0 Å². The van der Waals surface area contributed by atoms with Crippen LogP contribution in [0.2, 0.25) is 0 Å². The molecule has 0 saturated carbocycles. The zero-order valence-electron chi connectivity index (χ0n) is 9.95. The van der Waals surface area contributed by atoms with Crippen LogP contribution in [0.3, 0.4) is 0 Å². The fourth-order valence-electron chi connectivity index (χ4n) is 1.29. The fraction of sp³-hybridized carbons (Fsp3) is 0.500. The summed E-state index contributed by atoms with van der Waals surface area (Å²) in [6.45, 7) is 5.30. The second-order valence-corrected chi connectivity index (χ2v) is 4.86. The topological polar surface area (TPSA) is 12.0 Å². The maximum absolute atomic E-state index is 13.6. The van der Waals surface area contributed by atoms with Crippen LogP contribution in [0.5, 0.6) is 0 Å². The molecule has 1 unspecified atom stereocenters. The van der Waals surface area contributed by atoms with E-state index in [1.165, 1.54) is 0 Å². The van der Waals surface area contributed by atoms with Gasteiger partial charge in [0.05, 0.1) is 0 Å². The lowest BCUT2D eigenvalue weighted by atomic mass is 10.1. The fourth-order valence-corrected chi connectivity index (χ4v) is 1.29. The molecule has 0 fully saturated rings. The van der Waals surface area contributed by atoms with Crippen LogP contribution < -0.4 is 5.32 Å². The van der Waals surface area contributed by atoms with Gasteiger partial charge < -0.3 is 5.32 Å². The monoisotopic (exact) mass is 249 g/mol. The third-order valence-electron chi connectivity index (χ3n) is 2.21. The van der Waals surface area contributed by atoms with Crippen LogP contribution in [0.1, 0.15) is 32.5 Å². The molecule has 0 amide bonds. The molecular weight excluding hydrogens is 234 g/mol. The zero-order valence-corrected chi connectivity index (χ0v) is 9.95. The summed E-state index contributed by atoms with van der Waals surface area (Å²) in [6.07, 6.45) is -1.72. The van der Waals surface area contributed by atoms with Gasteiger partial charge in [-0.25, -0.2) is 17.6 Å². The zero-order chi connectivity index (χ0) is 13.2. The molecule has 1 aromatic rings. The third-order valence-corrected chi connectivity index (χ3v) is 2.21. The van der Waals surface area contributed by atoms with Gasteiger partial charge >= 0.3 is 0 Å². The van der Waals surface area contributed by atoms with E-state index >= 15 is 0 Å². The maximum Gasteiger partial charge on any atom is 0.194 e. The molecule has 0 aliphatic rings. The lowest BCUT2D eigenvalue weighted by Crippen LogP contribution is -2.38. The lowest BCUT2D eigenvalue weighted by Gasteiger charge is -2.22. The van der Waals surface area contributed by atoms with E-state index in [1.807, 2.05) is 20.8 Å². The summed E-state index contributed by atoms with van der Waals surface area (Å²) in [5.41, 5.74) is -0.806. The Labute approximate surface area is 97.8 Å². The van der Waals surface area contributed by atoms with Crippen molar-refractivity contribution in [2.24, 2.45) is 0 Å². The Morgan fingerprint density at radius 2 is 1.71 bits per heavy atom. The summed E-state index contributed by atoms with van der Waals surface area (Å²) in [5.74, 6) is -4.42. The van der Waals surface area contributed by atoms with Crippen LogP contribution in [0.4, 0.5) is 17.6 Å². The molecule has 17 heavy (non-hydrogen) atoms. The number of rotatable bonds is 3. The van der Waals surface area contributed by atoms with Crippen LogP contribution in [-0.4, -0.2) is 12.1 Å². The maximum atomic E-state index is 13.6. The third kappa shape index (κ3) is 3.70. The molecule has 96 valence electrons. The van der Waals surface area contributed by atoms with Gasteiger partial charge in [-0.1, -0.05) is 6.07 Å². The standard InChI is InChI=1S/C12H15F4N/c1-12(2,3)17-6-9(14)7-4-5-8(13)11(16)10(7)15/h4-5,9,17H,6H2,1-3H3. The van der Waals surface area contributed by atoms with Crippen molar-refractivity contribution in [3.05, 3.63) is 35.1 Å². The average Bonchev–Trinajstić information content (AvgIpc) is 2.22. The highest BCUT2D eigenvalue weighted by Gasteiger charge is 2.21. The summed E-state index contributed by atoms with van der Waals surface area (Å²) >= 11 is 0. The Morgan fingerprint density at radius 1 is 1.12 bits per heavy atom. The predicted octanol–water partition coefficient (Wildman–Crippen LogP) is 3.50. The summed E-state index contributed by atoms with van der Waals surface area (Å²) in [7, 11) is 0. The predicted molar refractivity (Wildman–Crippen MR) is 57.9 cm³/mol. The highest BCUT2D eigenvalue weighted by atomic mass is 19.2. The van der Waals surface area contributed by atoms with Crippen LogP contribution in [0.25, 0.3) is 0 Å². The Bertz CT molecular complexity index is 398. The normalized spacial score (nSPS) is 13.8. The van der Waals surface area contributed by atoms with Crippen molar-refractivity contribution in [3.8, 4) is 0 Å². The van der Waals surface area contributed by atoms with Crippen LogP contribution >= 0.6 is 0 Å². The van der Waals surface area contributed by atoms with E-state index in [0.29, 0.717) is 0 Å². The van der Waals surface area contributed by atoms with Gasteiger partial charge in [0.25, 0.3) is 0 Å². The molecule has 0 radical (unpaired) electrons. The first-order valence-electron chi connectivity index (χ1n) is 5.25. The minimum atomic E-state index is -1.72. The summed E-state index contributed by atoms with van der Waals surface area (Å²) in [6, 6.07) is 1.64. The van der Waals surface area contributed by atoms with Crippen molar-refractivity contribution < 1.29 is 17.6 Å². The number of nitrogens with one attached hydrogen (secondary N) is 1. The number of halogens is 4. The van der Waals surface area contributed by atoms with Gasteiger partial charge in [0, 0.05) is 17.6 Å². The number of hydrogen-bond acceptors (Lipinski definition) is 1. The van der Waals surface area contributed by atoms with Crippen molar-refractivity contribution in [3.63, 3.8) is 0 Å². The summed E-state index contributed by atoms with van der Waals surface area (Å²) < 4.78 is 52.4. The van der Waals surface area contributed by atoms with Crippen molar-refractivity contribution in [1.29, 1.82) is 0 Å². The molecular formula is C12H15F4N. The van der Waals surface area contributed by atoms with Crippen LogP contribution in [0, 0.1) is 17.5 Å². The molecule has 0 bridgehead atoms. The number of benzene rings is 1. The van der Waals surface area contributed by atoms with Crippen LogP contribution in [0.15, 0.2) is 12.1 Å². The first kappa shape index (κ1) is 14.0. The summed E-state index contributed by atoms with van der Waals surface area (Å²) in [5, 5.41) is 2.82. The van der Waals surface area contributed by atoms with E-state index in [4.69, 9.17) is 0 Å². The lowest BCUT2D eigenvalue weighted by molar-refractivity contribution is 0.281. The number of hydrogen-bond donors (Lipinski definition) is 1. The van der Waals surface area contributed by atoms with E-state index in [0.717, 1.165) is 12.1 Å². The minimum absolute atomic E-state index is 0.161. The molecule has 0 aliphatic carbocycles. The highest BCUT2D eigenvalue weighted by Crippen LogP contribution is 2.24. The van der Waals surface area contributed by atoms with E-state index in [-0.39, 0.29) is 12.1 Å². The first-order chi connectivity index (χ1) is 7.72. The molecule has 0 aliphatic heterocycles. The van der Waals surface area contributed by atoms with E-state index in [2.05, 4.69) is 5.32 Å². The Kier molecular flexibility index (Phi) is 4.14. The van der Waals surface area contributed by atoms with Gasteiger partial charge in [-0.05, 0) is 26.8 Å². The molecule has 1 nitrogen and oxygen atoms in total. The van der Waals surface area contributed by atoms with Gasteiger partial charge in [0.15, 0.2) is 17.5 Å². The second kappa shape index (κ2) is 5.04. The SMILES string of the molecule is CC(C)(C)NCC(F)c1ccc(F)c(F)c1F. The summed E-state index contributed by atoms with van der Waals surface area (Å²) in [4.78, 5) is 0. The molecule has 1 N–H and O–H groups in total. The van der Waals surface area contributed by atoms with Crippen molar-refractivity contribution in [2.45, 2.75) is 32.5 Å². The Morgan fingerprint density at radius 3 is 2.24 bits per heavy atom. The Balaban J connectivity index is 2.83. The second-order valence-electron chi connectivity index (χ2n) is 4.86.